The van der Waals surface area contributed by atoms with Gasteiger partial charge in [-0.3, -0.25) is 9.69 Å². The van der Waals surface area contributed by atoms with Crippen molar-refractivity contribution >= 4 is 12.0 Å². The molecule has 3 nitrogen and oxygen atoms in total. The Balaban J connectivity index is 1.83. The van der Waals surface area contributed by atoms with E-state index >= 15 is 0 Å². The van der Waals surface area contributed by atoms with Crippen LogP contribution in [0.5, 0.6) is 0 Å². The Hall–Kier alpha value is -1.61. The summed E-state index contributed by atoms with van der Waals surface area (Å²) < 4.78 is 5.02. The summed E-state index contributed by atoms with van der Waals surface area (Å²) in [5, 5.41) is 0. The summed E-state index contributed by atoms with van der Waals surface area (Å²) in [5.41, 5.74) is 1.18. The molecular weight excluding hydrogens is 250 g/mol. The van der Waals surface area contributed by atoms with E-state index in [1.807, 2.05) is 18.2 Å². The van der Waals surface area contributed by atoms with E-state index in [0.717, 1.165) is 6.42 Å². The van der Waals surface area contributed by atoms with Crippen LogP contribution in [0.3, 0.4) is 0 Å². The summed E-state index contributed by atoms with van der Waals surface area (Å²) in [6, 6.07) is 11.1. The zero-order valence-corrected chi connectivity index (χ0v) is 12.0. The van der Waals surface area contributed by atoms with Gasteiger partial charge in [-0.15, -0.1) is 0 Å². The van der Waals surface area contributed by atoms with Crippen molar-refractivity contribution in [3.8, 4) is 0 Å². The first kappa shape index (κ1) is 13.4. The summed E-state index contributed by atoms with van der Waals surface area (Å²) in [4.78, 5) is 14.5. The van der Waals surface area contributed by atoms with Crippen LogP contribution in [-0.2, 0) is 9.53 Å². The minimum absolute atomic E-state index is 0.0105. The molecule has 106 valence electrons. The van der Waals surface area contributed by atoms with Gasteiger partial charge in [-0.25, -0.2) is 0 Å². The second-order valence-electron chi connectivity index (χ2n) is 5.77. The van der Waals surface area contributed by atoms with E-state index in [-0.39, 0.29) is 17.8 Å². The van der Waals surface area contributed by atoms with Gasteiger partial charge in [0.1, 0.15) is 0 Å². The molecule has 0 N–H and O–H groups in total. The molecule has 0 aliphatic carbocycles. The molecule has 0 amide bonds. The van der Waals surface area contributed by atoms with Crippen LogP contribution in [-0.4, -0.2) is 37.1 Å². The van der Waals surface area contributed by atoms with Crippen LogP contribution >= 0.6 is 0 Å². The van der Waals surface area contributed by atoms with E-state index < -0.39 is 0 Å². The molecule has 1 aromatic carbocycles. The first-order valence-corrected chi connectivity index (χ1v) is 7.25. The van der Waals surface area contributed by atoms with Crippen LogP contribution in [0.15, 0.2) is 36.4 Å². The Kier molecular flexibility index (Phi) is 3.62. The topological polar surface area (TPSA) is 29.5 Å². The minimum Gasteiger partial charge on any atom is -0.469 e. The van der Waals surface area contributed by atoms with Gasteiger partial charge in [0.05, 0.1) is 13.0 Å². The van der Waals surface area contributed by atoms with Crippen LogP contribution < -0.4 is 0 Å². The fraction of sp³-hybridized carbons (Fsp3) is 0.471. The maximum atomic E-state index is 12.1. The van der Waals surface area contributed by atoms with Crippen molar-refractivity contribution in [3.05, 3.63) is 42.0 Å². The molecule has 2 bridgehead atoms. The van der Waals surface area contributed by atoms with Crippen molar-refractivity contribution in [2.24, 2.45) is 11.8 Å². The largest absolute Gasteiger partial charge is 0.469 e. The predicted molar refractivity (Wildman–Crippen MR) is 79.0 cm³/mol. The standard InChI is InChI=1S/C17H21NO2/c1-18-14-10-11-15(18)16(17(19)20-2)13(14)9-8-12-6-4-3-5-7-12/h3-9,13-16H,10-11H2,1-2H3/b9-8+/t13-,14+,15-,16+/m1/s1. The number of carbonyl (C=O) groups is 1. The molecule has 2 aliphatic heterocycles. The fourth-order valence-corrected chi connectivity index (χ4v) is 3.87. The first-order chi connectivity index (χ1) is 9.72. The van der Waals surface area contributed by atoms with Crippen LogP contribution in [0.4, 0.5) is 0 Å². The van der Waals surface area contributed by atoms with Crippen LogP contribution in [0, 0.1) is 11.8 Å². The highest BCUT2D eigenvalue weighted by molar-refractivity contribution is 5.75. The molecule has 2 aliphatic rings. The molecule has 2 heterocycles. The molecule has 0 unspecified atom stereocenters. The highest BCUT2D eigenvalue weighted by Gasteiger charge is 2.53. The monoisotopic (exact) mass is 271 g/mol. The summed E-state index contributed by atoms with van der Waals surface area (Å²) >= 11 is 0. The number of hydrogen-bond donors (Lipinski definition) is 0. The van der Waals surface area contributed by atoms with Gasteiger partial charge < -0.3 is 4.74 Å². The van der Waals surface area contributed by atoms with Crippen molar-refractivity contribution in [2.75, 3.05) is 14.2 Å². The first-order valence-electron chi connectivity index (χ1n) is 7.25. The number of hydrogen-bond acceptors (Lipinski definition) is 3. The quantitative estimate of drug-likeness (QED) is 0.791. The van der Waals surface area contributed by atoms with Gasteiger partial charge in [0.25, 0.3) is 0 Å². The van der Waals surface area contributed by atoms with Crippen molar-refractivity contribution in [1.82, 2.24) is 4.90 Å². The summed E-state index contributed by atoms with van der Waals surface area (Å²) in [6.07, 6.45) is 6.63. The van der Waals surface area contributed by atoms with Crippen LogP contribution in [0.25, 0.3) is 6.08 Å². The molecule has 0 saturated carbocycles. The molecule has 2 saturated heterocycles. The SMILES string of the molecule is COC(=O)[C@H]1[C@H](/C=C/c2ccccc2)[C@@H]2CC[C@H]1N2C. The third kappa shape index (κ3) is 2.16. The number of methoxy groups -OCH3 is 1. The number of fused-ring (bicyclic) bond motifs is 2. The molecule has 0 aromatic heterocycles. The van der Waals surface area contributed by atoms with Gasteiger partial charge in [0, 0.05) is 18.0 Å². The zero-order chi connectivity index (χ0) is 14.1. The second kappa shape index (κ2) is 5.41. The van der Waals surface area contributed by atoms with Gasteiger partial charge in [-0.2, -0.15) is 0 Å². The Morgan fingerprint density at radius 3 is 2.65 bits per heavy atom. The van der Waals surface area contributed by atoms with Gasteiger partial charge in [-0.1, -0.05) is 42.5 Å². The van der Waals surface area contributed by atoms with Crippen molar-refractivity contribution < 1.29 is 9.53 Å². The molecular formula is C17H21NO2. The Labute approximate surface area is 120 Å². The molecule has 4 atom stereocenters. The molecule has 0 radical (unpaired) electrons. The number of nitrogens with zero attached hydrogens (tertiary/aromatic N) is 1. The normalized spacial score (nSPS) is 32.9. The lowest BCUT2D eigenvalue weighted by atomic mass is 9.79. The average Bonchev–Trinajstić information content (AvgIpc) is 2.98. The van der Waals surface area contributed by atoms with E-state index in [1.165, 1.54) is 19.1 Å². The number of ether oxygens (including phenoxy) is 1. The van der Waals surface area contributed by atoms with E-state index in [4.69, 9.17) is 4.74 Å². The Morgan fingerprint density at radius 1 is 1.25 bits per heavy atom. The number of benzene rings is 1. The van der Waals surface area contributed by atoms with Gasteiger partial charge in [0.2, 0.25) is 0 Å². The maximum Gasteiger partial charge on any atom is 0.310 e. The smallest absolute Gasteiger partial charge is 0.310 e. The fourth-order valence-electron chi connectivity index (χ4n) is 3.87. The number of rotatable bonds is 3. The number of carbonyl (C=O) groups excluding carboxylic acids is 1. The van der Waals surface area contributed by atoms with E-state index in [9.17, 15) is 4.79 Å². The summed E-state index contributed by atoms with van der Waals surface area (Å²) in [6.45, 7) is 0. The zero-order valence-electron chi connectivity index (χ0n) is 12.0. The third-order valence-corrected chi connectivity index (χ3v) is 4.86. The third-order valence-electron chi connectivity index (χ3n) is 4.86. The minimum atomic E-state index is -0.0632. The van der Waals surface area contributed by atoms with Crippen molar-refractivity contribution in [3.63, 3.8) is 0 Å². The van der Waals surface area contributed by atoms with E-state index in [1.54, 1.807) is 0 Å². The lowest BCUT2D eigenvalue weighted by molar-refractivity contribution is -0.147. The van der Waals surface area contributed by atoms with Gasteiger partial charge in [-0.05, 0) is 25.5 Å². The molecule has 0 spiro atoms. The highest BCUT2D eigenvalue weighted by Crippen LogP contribution is 2.46. The predicted octanol–water partition coefficient (Wildman–Crippen LogP) is 2.58. The lowest BCUT2D eigenvalue weighted by Crippen LogP contribution is -2.33. The van der Waals surface area contributed by atoms with Crippen molar-refractivity contribution in [1.29, 1.82) is 0 Å². The molecule has 2 fully saturated rings. The van der Waals surface area contributed by atoms with E-state index in [0.29, 0.717) is 12.1 Å². The van der Waals surface area contributed by atoms with Gasteiger partial charge in [0.15, 0.2) is 0 Å². The molecule has 1 aromatic rings. The highest BCUT2D eigenvalue weighted by atomic mass is 16.5. The average molecular weight is 271 g/mol. The van der Waals surface area contributed by atoms with Crippen molar-refractivity contribution in [2.45, 2.75) is 24.9 Å². The van der Waals surface area contributed by atoms with Gasteiger partial charge >= 0.3 is 5.97 Å². The molecule has 20 heavy (non-hydrogen) atoms. The second-order valence-corrected chi connectivity index (χ2v) is 5.77. The summed E-state index contributed by atoms with van der Waals surface area (Å²) in [7, 11) is 3.63. The summed E-state index contributed by atoms with van der Waals surface area (Å²) in [5.74, 6) is 0.196. The Bertz CT molecular complexity index is 511. The van der Waals surface area contributed by atoms with Crippen LogP contribution in [0.1, 0.15) is 18.4 Å². The van der Waals surface area contributed by atoms with Crippen LogP contribution in [0.2, 0.25) is 0 Å². The van der Waals surface area contributed by atoms with E-state index in [2.05, 4.69) is 36.2 Å². The lowest BCUT2D eigenvalue weighted by Gasteiger charge is -2.24. The maximum absolute atomic E-state index is 12.1. The number of esters is 1. The Morgan fingerprint density at radius 2 is 1.95 bits per heavy atom. The molecule has 3 rings (SSSR count). The molecule has 3 heteroatoms.